The number of fused-ring (bicyclic) bond motifs is 1. The smallest absolute Gasteiger partial charge is 0.223 e. The number of hydrogen-bond acceptors (Lipinski definition) is 3. The fourth-order valence-corrected chi connectivity index (χ4v) is 4.36. The Morgan fingerprint density at radius 2 is 1.82 bits per heavy atom. The summed E-state index contributed by atoms with van der Waals surface area (Å²) >= 11 is 0. The molecule has 0 fully saturated rings. The van der Waals surface area contributed by atoms with E-state index in [1.54, 1.807) is 0 Å². The van der Waals surface area contributed by atoms with Crippen LogP contribution in [0.25, 0.3) is 11.0 Å². The van der Waals surface area contributed by atoms with Crippen molar-refractivity contribution in [3.8, 4) is 5.75 Å². The molecule has 0 aliphatic carbocycles. The van der Waals surface area contributed by atoms with Gasteiger partial charge in [-0.05, 0) is 68.4 Å². The molecule has 5 heteroatoms. The molecule has 0 saturated heterocycles. The number of nitrogens with one attached hydrogen (secondary N) is 1. The Morgan fingerprint density at radius 1 is 1.09 bits per heavy atom. The van der Waals surface area contributed by atoms with Crippen molar-refractivity contribution in [2.75, 3.05) is 6.61 Å². The first-order valence-corrected chi connectivity index (χ1v) is 12.3. The number of amides is 1. The van der Waals surface area contributed by atoms with E-state index in [4.69, 9.17) is 9.72 Å². The summed E-state index contributed by atoms with van der Waals surface area (Å²) in [5.74, 6) is 2.45. The van der Waals surface area contributed by atoms with Crippen molar-refractivity contribution in [3.05, 3.63) is 59.4 Å². The fraction of sp³-hybridized carbons (Fsp3) is 0.500. The van der Waals surface area contributed by atoms with Crippen LogP contribution >= 0.6 is 0 Å². The van der Waals surface area contributed by atoms with Crippen LogP contribution in [-0.4, -0.2) is 22.1 Å². The molecule has 3 aromatic rings. The molecule has 0 aliphatic heterocycles. The second-order valence-electron chi connectivity index (χ2n) is 9.25. The summed E-state index contributed by atoms with van der Waals surface area (Å²) in [4.78, 5) is 17.5. The standard InChI is InChI=1S/C28H39N3O2/c1-7-22(8-2)28(32)29-21(6)27-30-24-12-9-10-13-25(24)31(27)16-11-17-33-26-18-20(5)14-15-23(26)19(3)4/h9-10,12-15,18-19,21-22H,7-8,11,16-17H2,1-6H3,(H,29,32). The van der Waals surface area contributed by atoms with Gasteiger partial charge < -0.3 is 14.6 Å². The second kappa shape index (κ2) is 11.4. The lowest BCUT2D eigenvalue weighted by Crippen LogP contribution is -2.33. The largest absolute Gasteiger partial charge is 0.493 e. The number of carbonyl (C=O) groups excluding carboxylic acids is 1. The number of aryl methyl sites for hydroxylation is 2. The quantitative estimate of drug-likeness (QED) is 0.338. The van der Waals surface area contributed by atoms with Crippen LogP contribution in [-0.2, 0) is 11.3 Å². The van der Waals surface area contributed by atoms with Crippen LogP contribution < -0.4 is 10.1 Å². The van der Waals surface area contributed by atoms with Crippen molar-refractivity contribution in [2.24, 2.45) is 5.92 Å². The molecule has 1 aromatic heterocycles. The molecule has 33 heavy (non-hydrogen) atoms. The van der Waals surface area contributed by atoms with Crippen LogP contribution in [0, 0.1) is 12.8 Å². The summed E-state index contributed by atoms with van der Waals surface area (Å²) in [6.07, 6.45) is 2.55. The van der Waals surface area contributed by atoms with E-state index in [1.165, 1.54) is 11.1 Å². The van der Waals surface area contributed by atoms with Gasteiger partial charge in [-0.15, -0.1) is 0 Å². The summed E-state index contributed by atoms with van der Waals surface area (Å²) in [5, 5.41) is 3.19. The zero-order chi connectivity index (χ0) is 24.0. The van der Waals surface area contributed by atoms with Gasteiger partial charge in [0.25, 0.3) is 0 Å². The molecule has 1 amide bonds. The van der Waals surface area contributed by atoms with E-state index in [-0.39, 0.29) is 17.9 Å². The predicted octanol–water partition coefficient (Wildman–Crippen LogP) is 6.55. The summed E-state index contributed by atoms with van der Waals surface area (Å²) in [6, 6.07) is 14.5. The molecule has 2 aromatic carbocycles. The lowest BCUT2D eigenvalue weighted by molar-refractivity contribution is -0.125. The topological polar surface area (TPSA) is 56.2 Å². The van der Waals surface area contributed by atoms with Crippen LogP contribution in [0.5, 0.6) is 5.75 Å². The number of benzene rings is 2. The van der Waals surface area contributed by atoms with Crippen LogP contribution in [0.2, 0.25) is 0 Å². The molecule has 3 rings (SSSR count). The Morgan fingerprint density at radius 3 is 2.52 bits per heavy atom. The van der Waals surface area contributed by atoms with Gasteiger partial charge >= 0.3 is 0 Å². The average Bonchev–Trinajstić information content (AvgIpc) is 3.16. The van der Waals surface area contributed by atoms with E-state index in [2.05, 4.69) is 68.8 Å². The summed E-state index contributed by atoms with van der Waals surface area (Å²) < 4.78 is 8.44. The molecule has 1 N–H and O–H groups in total. The van der Waals surface area contributed by atoms with Gasteiger partial charge in [0.1, 0.15) is 11.6 Å². The Hall–Kier alpha value is -2.82. The molecule has 1 heterocycles. The number of para-hydroxylation sites is 2. The number of aromatic nitrogens is 2. The van der Waals surface area contributed by atoms with Gasteiger partial charge in [-0.2, -0.15) is 0 Å². The zero-order valence-electron chi connectivity index (χ0n) is 21.0. The second-order valence-corrected chi connectivity index (χ2v) is 9.25. The minimum Gasteiger partial charge on any atom is -0.493 e. The summed E-state index contributed by atoms with van der Waals surface area (Å²) in [7, 11) is 0. The van der Waals surface area contributed by atoms with Crippen molar-refractivity contribution in [2.45, 2.75) is 79.3 Å². The highest BCUT2D eigenvalue weighted by Crippen LogP contribution is 2.28. The molecule has 0 bridgehead atoms. The fourth-order valence-electron chi connectivity index (χ4n) is 4.36. The van der Waals surface area contributed by atoms with Gasteiger partial charge in [-0.25, -0.2) is 4.98 Å². The van der Waals surface area contributed by atoms with Crippen molar-refractivity contribution in [1.82, 2.24) is 14.9 Å². The predicted molar refractivity (Wildman–Crippen MR) is 136 cm³/mol. The third-order valence-corrected chi connectivity index (χ3v) is 6.36. The first kappa shape index (κ1) is 24.8. The minimum atomic E-state index is -0.157. The lowest BCUT2D eigenvalue weighted by atomic mass is 10.0. The number of ether oxygens (including phenoxy) is 1. The first-order chi connectivity index (χ1) is 15.8. The number of rotatable bonds is 11. The van der Waals surface area contributed by atoms with E-state index in [9.17, 15) is 4.79 Å². The van der Waals surface area contributed by atoms with Gasteiger partial charge in [0.05, 0.1) is 23.7 Å². The van der Waals surface area contributed by atoms with Crippen LogP contribution in [0.3, 0.4) is 0 Å². The molecule has 0 spiro atoms. The summed E-state index contributed by atoms with van der Waals surface area (Å²) in [5.41, 5.74) is 4.50. The monoisotopic (exact) mass is 449 g/mol. The highest BCUT2D eigenvalue weighted by atomic mass is 16.5. The average molecular weight is 450 g/mol. The van der Waals surface area contributed by atoms with E-state index < -0.39 is 0 Å². The molecule has 0 aliphatic rings. The maximum Gasteiger partial charge on any atom is 0.223 e. The third-order valence-electron chi connectivity index (χ3n) is 6.36. The van der Waals surface area contributed by atoms with Crippen molar-refractivity contribution in [3.63, 3.8) is 0 Å². The first-order valence-electron chi connectivity index (χ1n) is 12.3. The van der Waals surface area contributed by atoms with Crippen molar-refractivity contribution >= 4 is 16.9 Å². The summed E-state index contributed by atoms with van der Waals surface area (Å²) in [6.45, 7) is 14.0. The highest BCUT2D eigenvalue weighted by molar-refractivity contribution is 5.79. The molecular weight excluding hydrogens is 410 g/mol. The molecule has 0 radical (unpaired) electrons. The van der Waals surface area contributed by atoms with Gasteiger partial charge in [-0.1, -0.05) is 52.0 Å². The van der Waals surface area contributed by atoms with Gasteiger partial charge in [0.15, 0.2) is 0 Å². The van der Waals surface area contributed by atoms with E-state index in [0.29, 0.717) is 12.5 Å². The molecule has 178 valence electrons. The number of nitrogens with zero attached hydrogens (tertiary/aromatic N) is 2. The van der Waals surface area contributed by atoms with E-state index >= 15 is 0 Å². The van der Waals surface area contributed by atoms with Crippen LogP contribution in [0.15, 0.2) is 42.5 Å². The molecule has 1 unspecified atom stereocenters. The number of imidazole rings is 1. The Kier molecular flexibility index (Phi) is 8.54. The van der Waals surface area contributed by atoms with Crippen molar-refractivity contribution in [1.29, 1.82) is 0 Å². The number of hydrogen-bond donors (Lipinski definition) is 1. The van der Waals surface area contributed by atoms with Crippen LogP contribution in [0.4, 0.5) is 0 Å². The normalized spacial score (nSPS) is 12.5. The van der Waals surface area contributed by atoms with Gasteiger partial charge in [-0.3, -0.25) is 4.79 Å². The third kappa shape index (κ3) is 5.95. The highest BCUT2D eigenvalue weighted by Gasteiger charge is 2.21. The molecule has 5 nitrogen and oxygen atoms in total. The zero-order valence-corrected chi connectivity index (χ0v) is 21.0. The van der Waals surface area contributed by atoms with Crippen molar-refractivity contribution < 1.29 is 9.53 Å². The van der Waals surface area contributed by atoms with Gasteiger partial charge in [0, 0.05) is 12.5 Å². The van der Waals surface area contributed by atoms with Crippen LogP contribution in [0.1, 0.15) is 82.8 Å². The number of carbonyl (C=O) groups is 1. The van der Waals surface area contributed by atoms with E-state index in [0.717, 1.165) is 48.4 Å². The lowest BCUT2D eigenvalue weighted by Gasteiger charge is -2.20. The Bertz CT molecular complexity index is 1070. The maximum atomic E-state index is 12.7. The minimum absolute atomic E-state index is 0.0446. The molecule has 0 saturated carbocycles. The molecular formula is C28H39N3O2. The van der Waals surface area contributed by atoms with Gasteiger partial charge in [0.2, 0.25) is 5.91 Å². The Labute approximate surface area is 198 Å². The maximum absolute atomic E-state index is 12.7. The van der Waals surface area contributed by atoms with E-state index in [1.807, 2.05) is 25.1 Å². The SMILES string of the molecule is CCC(CC)C(=O)NC(C)c1nc2ccccc2n1CCCOc1cc(C)ccc1C(C)C. The Balaban J connectivity index is 1.74. The molecule has 1 atom stereocenters.